The van der Waals surface area contributed by atoms with Crippen LogP contribution in [0.2, 0.25) is 5.02 Å². The maximum atomic E-state index is 13.8. The number of piperazine rings is 1. The van der Waals surface area contributed by atoms with Gasteiger partial charge in [0.25, 0.3) is 0 Å². The highest BCUT2D eigenvalue weighted by Crippen LogP contribution is 2.21. The van der Waals surface area contributed by atoms with Gasteiger partial charge in [-0.3, -0.25) is 9.59 Å². The fourth-order valence-electron chi connectivity index (χ4n) is 2.36. The van der Waals surface area contributed by atoms with Gasteiger partial charge in [-0.2, -0.15) is 0 Å². The molecule has 108 valence electrons. The van der Waals surface area contributed by atoms with Crippen molar-refractivity contribution in [1.29, 1.82) is 0 Å². The second kappa shape index (κ2) is 5.79. The van der Waals surface area contributed by atoms with Gasteiger partial charge in [0.15, 0.2) is 0 Å². The first kappa shape index (κ1) is 14.8. The van der Waals surface area contributed by atoms with Crippen LogP contribution in [0.3, 0.4) is 0 Å². The lowest BCUT2D eigenvalue weighted by Gasteiger charge is -2.37. The lowest BCUT2D eigenvalue weighted by atomic mass is 9.98. The quantitative estimate of drug-likeness (QED) is 0.927. The molecule has 1 saturated heterocycles. The third-order valence-corrected chi connectivity index (χ3v) is 3.55. The zero-order chi connectivity index (χ0) is 14.9. The van der Waals surface area contributed by atoms with Gasteiger partial charge in [-0.15, -0.1) is 0 Å². The third-order valence-electron chi connectivity index (χ3n) is 3.32. The van der Waals surface area contributed by atoms with Crippen LogP contribution in [0, 0.1) is 11.7 Å². The summed E-state index contributed by atoms with van der Waals surface area (Å²) in [5.41, 5.74) is 0.311. The largest absolute Gasteiger partial charge is 0.345 e. The van der Waals surface area contributed by atoms with Crippen LogP contribution in [-0.4, -0.2) is 29.3 Å². The van der Waals surface area contributed by atoms with E-state index in [0.717, 1.165) is 0 Å². The first-order valence-corrected chi connectivity index (χ1v) is 6.79. The summed E-state index contributed by atoms with van der Waals surface area (Å²) in [6, 6.07) is 3.60. The van der Waals surface area contributed by atoms with Gasteiger partial charge in [0.2, 0.25) is 11.8 Å². The third kappa shape index (κ3) is 2.93. The van der Waals surface area contributed by atoms with Gasteiger partial charge in [0.1, 0.15) is 11.9 Å². The number of nitrogens with zero attached hydrogens (tertiary/aromatic N) is 1. The molecule has 2 amide bonds. The molecule has 0 saturated carbocycles. The van der Waals surface area contributed by atoms with Crippen molar-refractivity contribution in [3.05, 3.63) is 34.6 Å². The predicted molar refractivity (Wildman–Crippen MR) is 73.6 cm³/mol. The SMILES string of the molecule is CC(C)C1C(=O)NCC(=O)N1Cc1cc(Cl)ccc1F. The molecule has 0 aromatic heterocycles. The summed E-state index contributed by atoms with van der Waals surface area (Å²) in [5.74, 6) is -0.915. The molecule has 1 aromatic carbocycles. The van der Waals surface area contributed by atoms with E-state index in [2.05, 4.69) is 5.32 Å². The van der Waals surface area contributed by atoms with Gasteiger partial charge in [0, 0.05) is 17.1 Å². The molecule has 1 fully saturated rings. The van der Waals surface area contributed by atoms with Crippen LogP contribution < -0.4 is 5.32 Å². The van der Waals surface area contributed by atoms with Gasteiger partial charge in [0.05, 0.1) is 6.54 Å². The maximum Gasteiger partial charge on any atom is 0.243 e. The van der Waals surface area contributed by atoms with Crippen molar-refractivity contribution >= 4 is 23.4 Å². The van der Waals surface area contributed by atoms with Crippen LogP contribution in [0.25, 0.3) is 0 Å². The van der Waals surface area contributed by atoms with Crippen LogP contribution in [0.15, 0.2) is 18.2 Å². The minimum atomic E-state index is -0.588. The average molecular weight is 299 g/mol. The van der Waals surface area contributed by atoms with E-state index in [1.54, 1.807) is 0 Å². The van der Waals surface area contributed by atoms with E-state index in [0.29, 0.717) is 10.6 Å². The molecular formula is C14H16ClFN2O2. The molecule has 0 aliphatic carbocycles. The fourth-order valence-corrected chi connectivity index (χ4v) is 2.56. The summed E-state index contributed by atoms with van der Waals surface area (Å²) in [6.07, 6.45) is 0. The van der Waals surface area contributed by atoms with Crippen molar-refractivity contribution in [1.82, 2.24) is 10.2 Å². The topological polar surface area (TPSA) is 49.4 Å². The number of halogens is 2. The fraction of sp³-hybridized carbons (Fsp3) is 0.429. The second-order valence-electron chi connectivity index (χ2n) is 5.16. The van der Waals surface area contributed by atoms with Crippen LogP contribution in [-0.2, 0) is 16.1 Å². The van der Waals surface area contributed by atoms with E-state index < -0.39 is 11.9 Å². The number of hydrogen-bond donors (Lipinski definition) is 1. The highest BCUT2D eigenvalue weighted by Gasteiger charge is 2.36. The summed E-state index contributed by atoms with van der Waals surface area (Å²) in [4.78, 5) is 25.3. The van der Waals surface area contributed by atoms with E-state index in [1.165, 1.54) is 23.1 Å². The minimum absolute atomic E-state index is 0.0431. The Morgan fingerprint density at radius 2 is 2.15 bits per heavy atom. The molecule has 1 unspecified atom stereocenters. The molecule has 1 atom stereocenters. The second-order valence-corrected chi connectivity index (χ2v) is 5.60. The summed E-state index contributed by atoms with van der Waals surface area (Å²) in [5, 5.41) is 2.95. The van der Waals surface area contributed by atoms with Crippen molar-refractivity contribution in [3.63, 3.8) is 0 Å². The van der Waals surface area contributed by atoms with Crippen molar-refractivity contribution in [2.24, 2.45) is 5.92 Å². The number of amides is 2. The molecule has 1 aliphatic rings. The number of carbonyl (C=O) groups excluding carboxylic acids is 2. The van der Waals surface area contributed by atoms with Crippen LogP contribution in [0.1, 0.15) is 19.4 Å². The molecule has 1 heterocycles. The van der Waals surface area contributed by atoms with Crippen molar-refractivity contribution in [2.45, 2.75) is 26.4 Å². The van der Waals surface area contributed by atoms with Crippen molar-refractivity contribution in [3.8, 4) is 0 Å². The van der Waals surface area contributed by atoms with Crippen LogP contribution in [0.4, 0.5) is 4.39 Å². The van der Waals surface area contributed by atoms with E-state index in [1.807, 2.05) is 13.8 Å². The normalized spacial score (nSPS) is 19.4. The zero-order valence-corrected chi connectivity index (χ0v) is 12.1. The van der Waals surface area contributed by atoms with E-state index >= 15 is 0 Å². The predicted octanol–water partition coefficient (Wildman–Crippen LogP) is 1.96. The molecule has 1 aliphatic heterocycles. The Bertz CT molecular complexity index is 548. The zero-order valence-electron chi connectivity index (χ0n) is 11.3. The molecule has 20 heavy (non-hydrogen) atoms. The molecule has 0 radical (unpaired) electrons. The number of rotatable bonds is 3. The minimum Gasteiger partial charge on any atom is -0.345 e. The van der Waals surface area contributed by atoms with Gasteiger partial charge < -0.3 is 10.2 Å². The lowest BCUT2D eigenvalue weighted by Crippen LogP contribution is -2.59. The van der Waals surface area contributed by atoms with Gasteiger partial charge in [-0.25, -0.2) is 4.39 Å². The monoisotopic (exact) mass is 298 g/mol. The molecular weight excluding hydrogens is 283 g/mol. The van der Waals surface area contributed by atoms with Crippen molar-refractivity contribution < 1.29 is 14.0 Å². The molecule has 4 nitrogen and oxygen atoms in total. The first-order chi connectivity index (χ1) is 9.40. The molecule has 0 spiro atoms. The number of hydrogen-bond acceptors (Lipinski definition) is 2. The molecule has 1 N–H and O–H groups in total. The summed E-state index contributed by atoms with van der Waals surface area (Å²) >= 11 is 5.85. The molecule has 6 heteroatoms. The highest BCUT2D eigenvalue weighted by molar-refractivity contribution is 6.30. The van der Waals surface area contributed by atoms with E-state index in [4.69, 9.17) is 11.6 Å². The van der Waals surface area contributed by atoms with Gasteiger partial charge in [-0.05, 0) is 24.1 Å². The Balaban J connectivity index is 2.30. The van der Waals surface area contributed by atoms with E-state index in [-0.39, 0.29) is 30.8 Å². The Morgan fingerprint density at radius 3 is 2.80 bits per heavy atom. The molecule has 2 rings (SSSR count). The molecule has 0 bridgehead atoms. The average Bonchev–Trinajstić information content (AvgIpc) is 2.37. The summed E-state index contributed by atoms with van der Waals surface area (Å²) in [6.45, 7) is 3.69. The van der Waals surface area contributed by atoms with Gasteiger partial charge >= 0.3 is 0 Å². The van der Waals surface area contributed by atoms with Crippen molar-refractivity contribution in [2.75, 3.05) is 6.54 Å². The number of carbonyl (C=O) groups is 2. The Morgan fingerprint density at radius 1 is 1.45 bits per heavy atom. The standard InChI is InChI=1S/C14H16ClFN2O2/c1-8(2)13-14(20)17-6-12(19)18(13)7-9-5-10(15)3-4-11(9)16/h3-5,8,13H,6-7H2,1-2H3,(H,17,20). The smallest absolute Gasteiger partial charge is 0.243 e. The highest BCUT2D eigenvalue weighted by atomic mass is 35.5. The Hall–Kier alpha value is -1.62. The van der Waals surface area contributed by atoms with Crippen LogP contribution >= 0.6 is 11.6 Å². The first-order valence-electron chi connectivity index (χ1n) is 6.41. The number of nitrogens with one attached hydrogen (secondary N) is 1. The summed E-state index contributed by atoms with van der Waals surface area (Å²) in [7, 11) is 0. The Labute approximate surface area is 121 Å². The Kier molecular flexibility index (Phi) is 4.28. The van der Waals surface area contributed by atoms with E-state index in [9.17, 15) is 14.0 Å². The summed E-state index contributed by atoms with van der Waals surface area (Å²) < 4.78 is 13.8. The number of benzene rings is 1. The lowest BCUT2D eigenvalue weighted by molar-refractivity contribution is -0.148. The molecule has 1 aromatic rings. The van der Waals surface area contributed by atoms with Gasteiger partial charge in [-0.1, -0.05) is 25.4 Å². The van der Waals surface area contributed by atoms with Crippen LogP contribution in [0.5, 0.6) is 0 Å². The maximum absolute atomic E-state index is 13.8.